The van der Waals surface area contributed by atoms with Gasteiger partial charge in [-0.05, 0) is 11.6 Å². The largest absolute Gasteiger partial charge is 0.308 e. The Bertz CT molecular complexity index is 976. The van der Waals surface area contributed by atoms with Crippen LogP contribution in [0.25, 0.3) is 5.69 Å². The van der Waals surface area contributed by atoms with Crippen molar-refractivity contribution in [2.75, 3.05) is 5.32 Å². The minimum atomic E-state index is -1.17. The van der Waals surface area contributed by atoms with Crippen LogP contribution in [0.4, 0.5) is 10.2 Å². The standard InChI is InChI=1S/C18H13Cl2FN4O/c19-18(20)11-17(18,12-4-2-1-3-5-12)16(26)23-15-7-9-25(24-15)13-6-8-22-14(21)10-13/h1-10H,11H2,(H,23,24,26). The highest BCUT2D eigenvalue weighted by Gasteiger charge is 2.72. The van der Waals surface area contributed by atoms with Gasteiger partial charge in [0.25, 0.3) is 0 Å². The molecule has 4 rings (SSSR count). The molecular formula is C18H13Cl2FN4O. The predicted octanol–water partition coefficient (Wildman–Crippen LogP) is 3.86. The van der Waals surface area contributed by atoms with E-state index in [9.17, 15) is 9.18 Å². The summed E-state index contributed by atoms with van der Waals surface area (Å²) < 4.78 is 13.5. The zero-order valence-electron chi connectivity index (χ0n) is 13.4. The van der Waals surface area contributed by atoms with Gasteiger partial charge in [-0.3, -0.25) is 4.79 Å². The van der Waals surface area contributed by atoms with Crippen molar-refractivity contribution in [3.05, 3.63) is 72.4 Å². The third-order valence-corrected chi connectivity index (χ3v) is 5.36. The molecule has 1 atom stereocenters. The Morgan fingerprint density at radius 1 is 1.19 bits per heavy atom. The second-order valence-electron chi connectivity index (χ2n) is 6.09. The van der Waals surface area contributed by atoms with Crippen molar-refractivity contribution >= 4 is 34.9 Å². The molecule has 0 aliphatic heterocycles. The number of alkyl halides is 2. The Morgan fingerprint density at radius 3 is 2.58 bits per heavy atom. The number of rotatable bonds is 4. The molecule has 1 N–H and O–H groups in total. The molecule has 0 spiro atoms. The molecule has 8 heteroatoms. The smallest absolute Gasteiger partial charge is 0.239 e. The first-order chi connectivity index (χ1) is 12.4. The van der Waals surface area contributed by atoms with Crippen molar-refractivity contribution in [1.82, 2.24) is 14.8 Å². The van der Waals surface area contributed by atoms with Crippen molar-refractivity contribution in [3.63, 3.8) is 0 Å². The van der Waals surface area contributed by atoms with Crippen LogP contribution in [0.2, 0.25) is 0 Å². The van der Waals surface area contributed by atoms with E-state index in [0.717, 1.165) is 5.56 Å². The number of benzene rings is 1. The summed E-state index contributed by atoms with van der Waals surface area (Å²) >= 11 is 12.6. The molecule has 1 amide bonds. The van der Waals surface area contributed by atoms with Crippen LogP contribution in [0.15, 0.2) is 60.9 Å². The molecule has 26 heavy (non-hydrogen) atoms. The summed E-state index contributed by atoms with van der Waals surface area (Å²) in [6, 6.07) is 13.6. The fourth-order valence-corrected chi connectivity index (χ4v) is 3.79. The number of pyridine rings is 1. The van der Waals surface area contributed by atoms with Gasteiger partial charge in [-0.25, -0.2) is 9.67 Å². The van der Waals surface area contributed by atoms with Gasteiger partial charge in [0.05, 0.1) is 5.69 Å². The van der Waals surface area contributed by atoms with Gasteiger partial charge in [0.1, 0.15) is 9.75 Å². The molecule has 1 aliphatic carbocycles. The maximum Gasteiger partial charge on any atom is 0.239 e. The minimum absolute atomic E-state index is 0.315. The van der Waals surface area contributed by atoms with Crippen LogP contribution in [0, 0.1) is 5.95 Å². The monoisotopic (exact) mass is 390 g/mol. The van der Waals surface area contributed by atoms with Crippen LogP contribution in [0.5, 0.6) is 0 Å². The molecule has 0 saturated heterocycles. The lowest BCUT2D eigenvalue weighted by Crippen LogP contribution is -2.32. The number of nitrogens with zero attached hydrogens (tertiary/aromatic N) is 3. The number of carbonyl (C=O) groups excluding carboxylic acids is 1. The first-order valence-corrected chi connectivity index (χ1v) is 8.60. The Hall–Kier alpha value is -2.44. The molecule has 1 aromatic carbocycles. The SMILES string of the molecule is O=C(Nc1ccn(-c2ccnc(F)c2)n1)C1(c2ccccc2)CC1(Cl)Cl. The number of hydrogen-bond acceptors (Lipinski definition) is 3. The second kappa shape index (κ2) is 6.07. The van der Waals surface area contributed by atoms with Crippen LogP contribution in [-0.4, -0.2) is 25.0 Å². The van der Waals surface area contributed by atoms with E-state index in [1.54, 1.807) is 18.3 Å². The van der Waals surface area contributed by atoms with E-state index in [1.807, 2.05) is 30.3 Å². The zero-order valence-corrected chi connectivity index (χ0v) is 14.9. The number of aromatic nitrogens is 3. The highest BCUT2D eigenvalue weighted by atomic mass is 35.5. The molecule has 2 aromatic heterocycles. The predicted molar refractivity (Wildman–Crippen MR) is 97.1 cm³/mol. The Kier molecular flexibility index (Phi) is 3.97. The van der Waals surface area contributed by atoms with E-state index in [0.29, 0.717) is 17.9 Å². The van der Waals surface area contributed by atoms with Gasteiger partial charge >= 0.3 is 0 Å². The summed E-state index contributed by atoms with van der Waals surface area (Å²) in [5, 5.41) is 7.00. The highest BCUT2D eigenvalue weighted by molar-refractivity contribution is 6.54. The van der Waals surface area contributed by atoms with Crippen LogP contribution in [-0.2, 0) is 10.2 Å². The number of amides is 1. The molecule has 1 saturated carbocycles. The van der Waals surface area contributed by atoms with Gasteiger partial charge in [-0.1, -0.05) is 30.3 Å². The zero-order chi connectivity index (χ0) is 18.4. The van der Waals surface area contributed by atoms with Gasteiger partial charge < -0.3 is 5.32 Å². The Balaban J connectivity index is 1.59. The average molecular weight is 391 g/mol. The number of anilines is 1. The maximum absolute atomic E-state index is 13.3. The molecule has 1 aliphatic rings. The molecule has 0 bridgehead atoms. The minimum Gasteiger partial charge on any atom is -0.308 e. The quantitative estimate of drug-likeness (QED) is 0.543. The van der Waals surface area contributed by atoms with Gasteiger partial charge in [0.15, 0.2) is 5.82 Å². The lowest BCUT2D eigenvalue weighted by atomic mass is 9.95. The molecule has 1 fully saturated rings. The highest BCUT2D eigenvalue weighted by Crippen LogP contribution is 2.65. The van der Waals surface area contributed by atoms with Crippen molar-refractivity contribution in [3.8, 4) is 5.69 Å². The van der Waals surface area contributed by atoms with Crippen molar-refractivity contribution in [1.29, 1.82) is 0 Å². The summed E-state index contributed by atoms with van der Waals surface area (Å²) in [5.74, 6) is -0.628. The third-order valence-electron chi connectivity index (χ3n) is 4.45. The first kappa shape index (κ1) is 17.0. The van der Waals surface area contributed by atoms with Crippen molar-refractivity contribution in [2.24, 2.45) is 0 Å². The third kappa shape index (κ3) is 2.75. The number of carbonyl (C=O) groups is 1. The number of halogens is 3. The van der Waals surface area contributed by atoms with E-state index in [-0.39, 0.29) is 5.91 Å². The Labute approximate surface area is 158 Å². The van der Waals surface area contributed by atoms with Gasteiger partial charge in [-0.2, -0.15) is 9.49 Å². The van der Waals surface area contributed by atoms with E-state index in [1.165, 1.54) is 16.9 Å². The summed E-state index contributed by atoms with van der Waals surface area (Å²) in [7, 11) is 0. The molecule has 2 heterocycles. The van der Waals surface area contributed by atoms with Crippen molar-refractivity contribution < 1.29 is 9.18 Å². The molecule has 3 aromatic rings. The topological polar surface area (TPSA) is 59.8 Å². The van der Waals surface area contributed by atoms with E-state index in [2.05, 4.69) is 15.4 Å². The maximum atomic E-state index is 13.3. The first-order valence-electron chi connectivity index (χ1n) is 7.85. The summed E-state index contributed by atoms with van der Waals surface area (Å²) in [4.78, 5) is 16.4. The molecule has 0 radical (unpaired) electrons. The van der Waals surface area contributed by atoms with Crippen LogP contribution < -0.4 is 5.32 Å². The molecule has 132 valence electrons. The summed E-state index contributed by atoms with van der Waals surface area (Å²) in [5.41, 5.74) is 0.216. The Morgan fingerprint density at radius 2 is 1.92 bits per heavy atom. The van der Waals surface area contributed by atoms with Gasteiger partial charge in [-0.15, -0.1) is 23.2 Å². The van der Waals surface area contributed by atoms with Crippen LogP contribution >= 0.6 is 23.2 Å². The fraction of sp³-hybridized carbons (Fsp3) is 0.167. The summed E-state index contributed by atoms with van der Waals surface area (Å²) in [6.45, 7) is 0. The van der Waals surface area contributed by atoms with Crippen LogP contribution in [0.1, 0.15) is 12.0 Å². The summed E-state index contributed by atoms with van der Waals surface area (Å²) in [6.07, 6.45) is 3.27. The number of hydrogen-bond donors (Lipinski definition) is 1. The number of nitrogens with one attached hydrogen (secondary N) is 1. The van der Waals surface area contributed by atoms with E-state index in [4.69, 9.17) is 23.2 Å². The normalized spacial score (nSPS) is 20.6. The fourth-order valence-electron chi connectivity index (χ4n) is 2.99. The van der Waals surface area contributed by atoms with Gasteiger partial charge in [0.2, 0.25) is 11.9 Å². The molecule has 1 unspecified atom stereocenters. The molecule has 5 nitrogen and oxygen atoms in total. The lowest BCUT2D eigenvalue weighted by molar-refractivity contribution is -0.118. The molecular weight excluding hydrogens is 378 g/mol. The lowest BCUT2D eigenvalue weighted by Gasteiger charge is -2.17. The van der Waals surface area contributed by atoms with Crippen molar-refractivity contribution in [2.45, 2.75) is 16.2 Å². The second-order valence-corrected chi connectivity index (χ2v) is 7.57. The van der Waals surface area contributed by atoms with Gasteiger partial charge in [0, 0.05) is 30.9 Å². The van der Waals surface area contributed by atoms with E-state index >= 15 is 0 Å². The average Bonchev–Trinajstić information content (AvgIpc) is 2.98. The van der Waals surface area contributed by atoms with Crippen LogP contribution in [0.3, 0.4) is 0 Å². The van der Waals surface area contributed by atoms with E-state index < -0.39 is 15.7 Å².